The molecule has 0 atom stereocenters. The molecule has 1 aromatic heterocycles. The highest BCUT2D eigenvalue weighted by atomic mass is 32.1. The Morgan fingerprint density at radius 1 is 1.05 bits per heavy atom. The molecular formula is C16H16N2OS. The topological polar surface area (TPSA) is 34.1 Å². The standard InChI is InChI=1S/C16H16N2OS/c1-10-6-11(2)8-12(7-10)17-16-18-14-9-13(19-3)4-5-15(14)20-16/h4-9H,1-3H3,(H,17,18). The minimum absolute atomic E-state index is 0.834. The predicted molar refractivity (Wildman–Crippen MR) is 85.4 cm³/mol. The Labute approximate surface area is 122 Å². The van der Waals surface area contributed by atoms with Crippen LogP contribution in [-0.4, -0.2) is 12.1 Å². The minimum atomic E-state index is 0.834. The van der Waals surface area contributed by atoms with Crippen molar-refractivity contribution in [3.63, 3.8) is 0 Å². The molecule has 3 aromatic rings. The van der Waals surface area contributed by atoms with Crippen molar-refractivity contribution in [1.82, 2.24) is 4.98 Å². The van der Waals surface area contributed by atoms with Gasteiger partial charge < -0.3 is 10.1 Å². The molecule has 102 valence electrons. The van der Waals surface area contributed by atoms with E-state index in [1.807, 2.05) is 18.2 Å². The van der Waals surface area contributed by atoms with Crippen LogP contribution in [0.1, 0.15) is 11.1 Å². The number of hydrogen-bond donors (Lipinski definition) is 1. The number of thiazole rings is 1. The maximum atomic E-state index is 5.23. The number of nitrogens with one attached hydrogen (secondary N) is 1. The lowest BCUT2D eigenvalue weighted by Crippen LogP contribution is -1.90. The summed E-state index contributed by atoms with van der Waals surface area (Å²) in [6.07, 6.45) is 0. The van der Waals surface area contributed by atoms with Crippen LogP contribution < -0.4 is 10.1 Å². The van der Waals surface area contributed by atoms with E-state index in [0.717, 1.165) is 26.8 Å². The van der Waals surface area contributed by atoms with Crippen molar-refractivity contribution in [3.8, 4) is 5.75 Å². The molecule has 4 heteroatoms. The summed E-state index contributed by atoms with van der Waals surface area (Å²) in [4.78, 5) is 4.60. The molecule has 0 bridgehead atoms. The highest BCUT2D eigenvalue weighted by molar-refractivity contribution is 7.22. The second kappa shape index (κ2) is 5.13. The molecule has 3 rings (SSSR count). The highest BCUT2D eigenvalue weighted by Crippen LogP contribution is 2.31. The van der Waals surface area contributed by atoms with Gasteiger partial charge >= 0.3 is 0 Å². The van der Waals surface area contributed by atoms with Crippen LogP contribution in [0.4, 0.5) is 10.8 Å². The van der Waals surface area contributed by atoms with Gasteiger partial charge in [0.25, 0.3) is 0 Å². The van der Waals surface area contributed by atoms with Crippen LogP contribution in [0.3, 0.4) is 0 Å². The van der Waals surface area contributed by atoms with Crippen molar-refractivity contribution in [2.24, 2.45) is 0 Å². The van der Waals surface area contributed by atoms with Crippen LogP contribution in [0.2, 0.25) is 0 Å². The molecule has 20 heavy (non-hydrogen) atoms. The molecular weight excluding hydrogens is 268 g/mol. The first kappa shape index (κ1) is 12.9. The minimum Gasteiger partial charge on any atom is -0.497 e. The van der Waals surface area contributed by atoms with Crippen molar-refractivity contribution in [1.29, 1.82) is 0 Å². The van der Waals surface area contributed by atoms with Gasteiger partial charge in [0.2, 0.25) is 0 Å². The summed E-state index contributed by atoms with van der Waals surface area (Å²) in [6, 6.07) is 12.4. The lowest BCUT2D eigenvalue weighted by molar-refractivity contribution is 0.415. The Balaban J connectivity index is 1.94. The Hall–Kier alpha value is -2.07. The third-order valence-electron chi connectivity index (χ3n) is 3.07. The van der Waals surface area contributed by atoms with Gasteiger partial charge in [-0.15, -0.1) is 0 Å². The number of methoxy groups -OCH3 is 1. The van der Waals surface area contributed by atoms with Gasteiger partial charge in [0, 0.05) is 11.8 Å². The number of hydrogen-bond acceptors (Lipinski definition) is 4. The Morgan fingerprint density at radius 3 is 2.50 bits per heavy atom. The molecule has 0 aliphatic carbocycles. The molecule has 3 nitrogen and oxygen atoms in total. The molecule has 0 saturated heterocycles. The maximum absolute atomic E-state index is 5.23. The SMILES string of the molecule is COc1ccc2sc(Nc3cc(C)cc(C)c3)nc2c1. The molecule has 1 heterocycles. The zero-order valence-electron chi connectivity index (χ0n) is 11.7. The monoisotopic (exact) mass is 284 g/mol. The van der Waals surface area contributed by atoms with Crippen LogP contribution >= 0.6 is 11.3 Å². The average Bonchev–Trinajstić information content (AvgIpc) is 2.78. The molecule has 0 aliphatic rings. The van der Waals surface area contributed by atoms with Gasteiger partial charge in [-0.1, -0.05) is 17.4 Å². The Bertz CT molecular complexity index is 744. The van der Waals surface area contributed by atoms with E-state index in [4.69, 9.17) is 4.74 Å². The lowest BCUT2D eigenvalue weighted by atomic mass is 10.1. The number of aryl methyl sites for hydroxylation is 2. The van der Waals surface area contributed by atoms with E-state index in [1.165, 1.54) is 11.1 Å². The number of ether oxygens (including phenoxy) is 1. The maximum Gasteiger partial charge on any atom is 0.188 e. The number of nitrogens with zero attached hydrogens (tertiary/aromatic N) is 1. The van der Waals surface area contributed by atoms with E-state index in [1.54, 1.807) is 18.4 Å². The van der Waals surface area contributed by atoms with Crippen LogP contribution in [0.15, 0.2) is 36.4 Å². The smallest absolute Gasteiger partial charge is 0.188 e. The van der Waals surface area contributed by atoms with Gasteiger partial charge in [0.1, 0.15) is 5.75 Å². The summed E-state index contributed by atoms with van der Waals surface area (Å²) in [5.74, 6) is 0.834. The van der Waals surface area contributed by atoms with E-state index in [9.17, 15) is 0 Å². The number of benzene rings is 2. The van der Waals surface area contributed by atoms with Gasteiger partial charge in [-0.25, -0.2) is 4.98 Å². The summed E-state index contributed by atoms with van der Waals surface area (Å²) in [6.45, 7) is 4.20. The van der Waals surface area contributed by atoms with Gasteiger partial charge in [0.05, 0.1) is 17.3 Å². The van der Waals surface area contributed by atoms with E-state index in [2.05, 4.69) is 42.3 Å². The fourth-order valence-corrected chi connectivity index (χ4v) is 3.12. The lowest BCUT2D eigenvalue weighted by Gasteiger charge is -2.05. The number of fused-ring (bicyclic) bond motifs is 1. The van der Waals surface area contributed by atoms with E-state index in [0.29, 0.717) is 0 Å². The molecule has 0 spiro atoms. The number of rotatable bonds is 3. The van der Waals surface area contributed by atoms with E-state index >= 15 is 0 Å². The Morgan fingerprint density at radius 2 is 1.80 bits per heavy atom. The van der Waals surface area contributed by atoms with Crippen molar-refractivity contribution in [3.05, 3.63) is 47.5 Å². The molecule has 0 amide bonds. The van der Waals surface area contributed by atoms with Crippen molar-refractivity contribution in [2.75, 3.05) is 12.4 Å². The first-order chi connectivity index (χ1) is 9.64. The fourth-order valence-electron chi connectivity index (χ4n) is 2.26. The first-order valence-corrected chi connectivity index (χ1v) is 7.25. The molecule has 2 aromatic carbocycles. The highest BCUT2D eigenvalue weighted by Gasteiger charge is 2.06. The Kier molecular flexibility index (Phi) is 3.32. The summed E-state index contributed by atoms with van der Waals surface area (Å²) in [5, 5.41) is 4.28. The normalized spacial score (nSPS) is 10.8. The summed E-state index contributed by atoms with van der Waals surface area (Å²) in [7, 11) is 1.67. The molecule has 0 aliphatic heterocycles. The molecule has 0 radical (unpaired) electrons. The molecule has 1 N–H and O–H groups in total. The van der Waals surface area contributed by atoms with Crippen LogP contribution in [0, 0.1) is 13.8 Å². The van der Waals surface area contributed by atoms with Crippen molar-refractivity contribution >= 4 is 32.4 Å². The third-order valence-corrected chi connectivity index (χ3v) is 4.02. The summed E-state index contributed by atoms with van der Waals surface area (Å²) in [5.41, 5.74) is 4.53. The first-order valence-electron chi connectivity index (χ1n) is 6.44. The van der Waals surface area contributed by atoms with Gasteiger partial charge in [-0.05, 0) is 49.2 Å². The predicted octanol–water partition coefficient (Wildman–Crippen LogP) is 4.67. The van der Waals surface area contributed by atoms with Crippen molar-refractivity contribution < 1.29 is 4.74 Å². The van der Waals surface area contributed by atoms with E-state index in [-0.39, 0.29) is 0 Å². The number of anilines is 2. The van der Waals surface area contributed by atoms with Crippen LogP contribution in [-0.2, 0) is 0 Å². The summed E-state index contributed by atoms with van der Waals surface area (Å²) < 4.78 is 6.38. The third kappa shape index (κ3) is 2.60. The van der Waals surface area contributed by atoms with Gasteiger partial charge in [-0.2, -0.15) is 0 Å². The number of aromatic nitrogens is 1. The summed E-state index contributed by atoms with van der Waals surface area (Å²) >= 11 is 1.65. The van der Waals surface area contributed by atoms with E-state index < -0.39 is 0 Å². The zero-order valence-corrected chi connectivity index (χ0v) is 12.5. The molecule has 0 saturated carbocycles. The zero-order chi connectivity index (χ0) is 14.1. The van der Waals surface area contributed by atoms with Gasteiger partial charge in [-0.3, -0.25) is 0 Å². The second-order valence-corrected chi connectivity index (χ2v) is 5.88. The second-order valence-electron chi connectivity index (χ2n) is 4.85. The quantitative estimate of drug-likeness (QED) is 0.759. The van der Waals surface area contributed by atoms with Crippen LogP contribution in [0.25, 0.3) is 10.2 Å². The fraction of sp³-hybridized carbons (Fsp3) is 0.188. The molecule has 0 fully saturated rings. The van der Waals surface area contributed by atoms with Crippen LogP contribution in [0.5, 0.6) is 5.75 Å². The average molecular weight is 284 g/mol. The largest absolute Gasteiger partial charge is 0.497 e. The molecule has 0 unspecified atom stereocenters. The van der Waals surface area contributed by atoms with Crippen molar-refractivity contribution in [2.45, 2.75) is 13.8 Å². The van der Waals surface area contributed by atoms with Gasteiger partial charge in [0.15, 0.2) is 5.13 Å².